The van der Waals surface area contributed by atoms with E-state index in [1.807, 2.05) is 6.92 Å². The predicted octanol–water partition coefficient (Wildman–Crippen LogP) is 4.18. The van der Waals surface area contributed by atoms with Crippen LogP contribution in [0.15, 0.2) is 42.5 Å². The second-order valence-electron chi connectivity index (χ2n) is 6.13. The third-order valence-electron chi connectivity index (χ3n) is 3.79. The molecule has 6 heteroatoms. The quantitative estimate of drug-likeness (QED) is 0.838. The highest BCUT2D eigenvalue weighted by Gasteiger charge is 2.25. The fourth-order valence-electron chi connectivity index (χ4n) is 2.29. The summed E-state index contributed by atoms with van der Waals surface area (Å²) in [5, 5.41) is 5.86. The third kappa shape index (κ3) is 4.79. The number of hydrogen-bond donors (Lipinski definition) is 2. The molecule has 0 radical (unpaired) electrons. The molecule has 0 fully saturated rings. The van der Waals surface area contributed by atoms with Crippen LogP contribution in [-0.4, -0.2) is 17.9 Å². The molecule has 2 aromatic carbocycles. The van der Waals surface area contributed by atoms with E-state index < -0.39 is 17.8 Å². The highest BCUT2D eigenvalue weighted by atomic mass is 35.5. The van der Waals surface area contributed by atoms with Gasteiger partial charge in [-0.2, -0.15) is 0 Å². The number of amides is 2. The number of rotatable bonds is 5. The second-order valence-corrected chi connectivity index (χ2v) is 6.54. The number of hydrogen-bond acceptors (Lipinski definition) is 2. The molecule has 0 unspecified atom stereocenters. The molecule has 132 valence electrons. The van der Waals surface area contributed by atoms with Crippen LogP contribution in [0, 0.1) is 18.7 Å². The molecule has 1 atom stereocenters. The summed E-state index contributed by atoms with van der Waals surface area (Å²) in [5.41, 5.74) is 1.33. The number of halogens is 2. The summed E-state index contributed by atoms with van der Waals surface area (Å²) in [5.74, 6) is -1.83. The molecule has 2 aromatic rings. The molecule has 0 aromatic heterocycles. The van der Waals surface area contributed by atoms with Gasteiger partial charge in [-0.25, -0.2) is 4.39 Å². The molecular formula is C19H20ClFN2O2. The normalized spacial score (nSPS) is 11.9. The highest BCUT2D eigenvalue weighted by Crippen LogP contribution is 2.20. The number of carbonyl (C=O) groups is 2. The Bertz CT molecular complexity index is 793. The minimum absolute atomic E-state index is 0.0978. The average Bonchev–Trinajstić information content (AvgIpc) is 2.55. The van der Waals surface area contributed by atoms with Gasteiger partial charge in [0, 0.05) is 10.7 Å². The van der Waals surface area contributed by atoms with E-state index in [4.69, 9.17) is 11.6 Å². The molecule has 0 aliphatic carbocycles. The molecule has 0 aliphatic rings. The molecule has 0 heterocycles. The van der Waals surface area contributed by atoms with Gasteiger partial charge in [0.1, 0.15) is 11.9 Å². The number of anilines is 1. The molecule has 2 amide bonds. The largest absolute Gasteiger partial charge is 0.340 e. The second kappa shape index (κ2) is 8.12. The van der Waals surface area contributed by atoms with Gasteiger partial charge in [-0.3, -0.25) is 9.59 Å². The fourth-order valence-corrected chi connectivity index (χ4v) is 2.47. The first-order chi connectivity index (χ1) is 11.8. The summed E-state index contributed by atoms with van der Waals surface area (Å²) in [6, 6.07) is 10.00. The van der Waals surface area contributed by atoms with Crippen molar-refractivity contribution in [3.63, 3.8) is 0 Å². The number of benzene rings is 2. The fraction of sp³-hybridized carbons (Fsp3) is 0.263. The summed E-state index contributed by atoms with van der Waals surface area (Å²) >= 11 is 6.06. The molecule has 4 nitrogen and oxygen atoms in total. The molecule has 2 N–H and O–H groups in total. The van der Waals surface area contributed by atoms with Crippen molar-refractivity contribution in [2.24, 2.45) is 5.92 Å². The third-order valence-corrected chi connectivity index (χ3v) is 4.20. The van der Waals surface area contributed by atoms with E-state index in [0.29, 0.717) is 10.7 Å². The van der Waals surface area contributed by atoms with E-state index in [1.54, 1.807) is 38.1 Å². The van der Waals surface area contributed by atoms with Crippen molar-refractivity contribution in [2.45, 2.75) is 26.8 Å². The first-order valence-corrected chi connectivity index (χ1v) is 8.29. The van der Waals surface area contributed by atoms with Crippen LogP contribution in [0.3, 0.4) is 0 Å². The van der Waals surface area contributed by atoms with Gasteiger partial charge >= 0.3 is 0 Å². The monoisotopic (exact) mass is 362 g/mol. The number of nitrogens with one attached hydrogen (secondary N) is 2. The van der Waals surface area contributed by atoms with Gasteiger partial charge in [0.05, 0.1) is 5.56 Å². The van der Waals surface area contributed by atoms with E-state index in [9.17, 15) is 14.0 Å². The predicted molar refractivity (Wildman–Crippen MR) is 97.3 cm³/mol. The average molecular weight is 363 g/mol. The van der Waals surface area contributed by atoms with Crippen LogP contribution in [0.2, 0.25) is 5.02 Å². The lowest BCUT2D eigenvalue weighted by atomic mass is 10.0. The van der Waals surface area contributed by atoms with Gasteiger partial charge in [0.25, 0.3) is 5.91 Å². The summed E-state index contributed by atoms with van der Waals surface area (Å²) in [7, 11) is 0. The topological polar surface area (TPSA) is 58.2 Å². The van der Waals surface area contributed by atoms with Crippen molar-refractivity contribution >= 4 is 29.1 Å². The maximum atomic E-state index is 13.7. The minimum Gasteiger partial charge on any atom is -0.340 e. The SMILES string of the molecule is Cc1ccc(NC(=O)[C@@H](NC(=O)c2ccccc2F)C(C)C)cc1Cl. The Balaban J connectivity index is 2.14. The molecule has 25 heavy (non-hydrogen) atoms. The first-order valence-electron chi connectivity index (χ1n) is 7.92. The Morgan fingerprint density at radius 3 is 2.40 bits per heavy atom. The van der Waals surface area contributed by atoms with Crippen LogP contribution < -0.4 is 10.6 Å². The van der Waals surface area contributed by atoms with E-state index in [-0.39, 0.29) is 17.4 Å². The van der Waals surface area contributed by atoms with Crippen molar-refractivity contribution in [1.82, 2.24) is 5.32 Å². The zero-order valence-electron chi connectivity index (χ0n) is 14.3. The molecule has 0 bridgehead atoms. The van der Waals surface area contributed by atoms with Gasteiger partial charge in [-0.15, -0.1) is 0 Å². The summed E-state index contributed by atoms with van der Waals surface area (Å²) < 4.78 is 13.7. The summed E-state index contributed by atoms with van der Waals surface area (Å²) in [6.07, 6.45) is 0. The molecular weight excluding hydrogens is 343 g/mol. The van der Waals surface area contributed by atoms with Crippen LogP contribution in [0.25, 0.3) is 0 Å². The van der Waals surface area contributed by atoms with Gasteiger partial charge in [0.15, 0.2) is 0 Å². The van der Waals surface area contributed by atoms with E-state index in [2.05, 4.69) is 10.6 Å². The van der Waals surface area contributed by atoms with Crippen LogP contribution in [0.4, 0.5) is 10.1 Å². The molecule has 2 rings (SSSR count). The molecule has 0 saturated carbocycles. The minimum atomic E-state index is -0.813. The lowest BCUT2D eigenvalue weighted by molar-refractivity contribution is -0.118. The van der Waals surface area contributed by atoms with E-state index in [1.165, 1.54) is 18.2 Å². The Hall–Kier alpha value is -2.40. The van der Waals surface area contributed by atoms with Crippen LogP contribution in [0.5, 0.6) is 0 Å². The Kier molecular flexibility index (Phi) is 6.15. The van der Waals surface area contributed by atoms with Crippen LogP contribution >= 0.6 is 11.6 Å². The number of carbonyl (C=O) groups excluding carboxylic acids is 2. The van der Waals surface area contributed by atoms with Crippen molar-refractivity contribution in [3.05, 3.63) is 64.4 Å². The Morgan fingerprint density at radius 1 is 1.12 bits per heavy atom. The van der Waals surface area contributed by atoms with Gasteiger partial charge in [0.2, 0.25) is 5.91 Å². The summed E-state index contributed by atoms with van der Waals surface area (Å²) in [4.78, 5) is 24.8. The van der Waals surface area contributed by atoms with Gasteiger partial charge < -0.3 is 10.6 Å². The van der Waals surface area contributed by atoms with Crippen LogP contribution in [-0.2, 0) is 4.79 Å². The number of aryl methyl sites for hydroxylation is 1. The molecule has 0 saturated heterocycles. The Morgan fingerprint density at radius 2 is 1.80 bits per heavy atom. The zero-order valence-corrected chi connectivity index (χ0v) is 15.0. The van der Waals surface area contributed by atoms with Gasteiger partial charge in [-0.1, -0.05) is 43.6 Å². The smallest absolute Gasteiger partial charge is 0.254 e. The van der Waals surface area contributed by atoms with Gasteiger partial charge in [-0.05, 0) is 42.7 Å². The van der Waals surface area contributed by atoms with E-state index >= 15 is 0 Å². The maximum absolute atomic E-state index is 13.7. The zero-order chi connectivity index (χ0) is 18.6. The first kappa shape index (κ1) is 18.9. The van der Waals surface area contributed by atoms with Crippen molar-refractivity contribution in [1.29, 1.82) is 0 Å². The maximum Gasteiger partial charge on any atom is 0.254 e. The van der Waals surface area contributed by atoms with Crippen molar-refractivity contribution in [3.8, 4) is 0 Å². The molecule has 0 spiro atoms. The van der Waals surface area contributed by atoms with E-state index in [0.717, 1.165) is 5.56 Å². The lowest BCUT2D eigenvalue weighted by Gasteiger charge is -2.22. The Labute approximate surface area is 151 Å². The van der Waals surface area contributed by atoms with Crippen molar-refractivity contribution < 1.29 is 14.0 Å². The highest BCUT2D eigenvalue weighted by molar-refractivity contribution is 6.31. The van der Waals surface area contributed by atoms with Crippen molar-refractivity contribution in [2.75, 3.05) is 5.32 Å². The standard InChI is InChI=1S/C19H20ClFN2O2/c1-11(2)17(23-18(24)14-6-4-5-7-16(14)21)19(25)22-13-9-8-12(3)15(20)10-13/h4-11,17H,1-3H3,(H,22,25)(H,23,24)/t17-/m0/s1. The van der Waals surface area contributed by atoms with Crippen LogP contribution in [0.1, 0.15) is 29.8 Å². The lowest BCUT2D eigenvalue weighted by Crippen LogP contribution is -2.47. The molecule has 0 aliphatic heterocycles. The summed E-state index contributed by atoms with van der Waals surface area (Å²) in [6.45, 7) is 5.46.